The molecule has 4 rings (SSSR count). The summed E-state index contributed by atoms with van der Waals surface area (Å²) in [5.41, 5.74) is 6.76. The summed E-state index contributed by atoms with van der Waals surface area (Å²) in [6.45, 7) is 1.52. The van der Waals surface area contributed by atoms with Gasteiger partial charge in [0.1, 0.15) is 30.0 Å². The standard InChI is InChI=1S/C30H24N2O6/c1-21-27(31-29(37-21)25-7-3-2-4-8-25)9-5-6-22-10-12-23(13-11-22)18-32(19-28(34)35)30(36)38-26-16-14-24(20-33)15-17-26/h2-4,6-17,20H,18-19H2,1H3,(H,34,35)/p+1. The predicted octanol–water partition coefficient (Wildman–Crippen LogP) is 4.46. The molecule has 0 aliphatic heterocycles. The van der Waals surface area contributed by atoms with Crippen LogP contribution in [0, 0.1) is 6.92 Å². The number of aromatic nitrogens is 1. The van der Waals surface area contributed by atoms with Gasteiger partial charge in [-0.25, -0.2) is 14.7 Å². The lowest BCUT2D eigenvalue weighted by atomic mass is 10.1. The Morgan fingerprint density at radius 2 is 1.66 bits per heavy atom. The van der Waals surface area contributed by atoms with Crippen LogP contribution >= 0.6 is 0 Å². The van der Waals surface area contributed by atoms with Crippen molar-refractivity contribution in [1.82, 2.24) is 4.98 Å². The fourth-order valence-corrected chi connectivity index (χ4v) is 3.62. The van der Waals surface area contributed by atoms with Crippen molar-refractivity contribution in [3.05, 3.63) is 113 Å². The molecule has 1 unspecified atom stereocenters. The van der Waals surface area contributed by atoms with Crippen molar-refractivity contribution in [2.75, 3.05) is 6.54 Å². The molecule has 1 amide bonds. The molecule has 3 aromatic carbocycles. The lowest BCUT2D eigenvalue weighted by Crippen LogP contribution is -3.14. The monoisotopic (exact) mass is 509 g/mol. The van der Waals surface area contributed by atoms with Crippen LogP contribution in [0.5, 0.6) is 5.75 Å². The molecule has 1 aromatic heterocycles. The van der Waals surface area contributed by atoms with Crippen molar-refractivity contribution in [2.24, 2.45) is 0 Å². The van der Waals surface area contributed by atoms with Gasteiger partial charge in [0.25, 0.3) is 0 Å². The summed E-state index contributed by atoms with van der Waals surface area (Å²) in [4.78, 5) is 39.4. The number of carbonyl (C=O) groups excluding carboxylic acids is 2. The summed E-state index contributed by atoms with van der Waals surface area (Å²) in [6, 6.07) is 23.0. The summed E-state index contributed by atoms with van der Waals surface area (Å²) in [5.74, 6) is 0.337. The highest BCUT2D eigenvalue weighted by molar-refractivity contribution is 5.75. The number of hydrogen-bond acceptors (Lipinski definition) is 6. The largest absolute Gasteiger partial charge is 0.520 e. The van der Waals surface area contributed by atoms with Crippen LogP contribution in [0.15, 0.2) is 89.0 Å². The number of oxazole rings is 1. The zero-order valence-corrected chi connectivity index (χ0v) is 20.6. The molecule has 0 aliphatic rings. The highest BCUT2D eigenvalue weighted by Crippen LogP contribution is 2.22. The van der Waals surface area contributed by atoms with Gasteiger partial charge in [-0.15, -0.1) is 5.73 Å². The summed E-state index contributed by atoms with van der Waals surface area (Å²) in [5, 5.41) is 9.27. The van der Waals surface area contributed by atoms with E-state index in [9.17, 15) is 19.5 Å². The molecule has 0 saturated carbocycles. The minimum absolute atomic E-state index is 0.107. The van der Waals surface area contributed by atoms with Crippen molar-refractivity contribution >= 4 is 30.5 Å². The van der Waals surface area contributed by atoms with Crippen LogP contribution in [-0.2, 0) is 11.3 Å². The SMILES string of the molecule is Cc1oc(-c2ccccc2)nc1C=C=Cc1ccc(C[NH+](CC(=O)O)C(=O)Oc2ccc(C=O)cc2)cc1. The Morgan fingerprint density at radius 3 is 2.32 bits per heavy atom. The van der Waals surface area contributed by atoms with Crippen LogP contribution in [0.3, 0.4) is 0 Å². The van der Waals surface area contributed by atoms with Crippen molar-refractivity contribution in [3.63, 3.8) is 0 Å². The molecule has 0 fully saturated rings. The molecular weight excluding hydrogens is 484 g/mol. The van der Waals surface area contributed by atoms with Crippen molar-refractivity contribution in [3.8, 4) is 17.2 Å². The van der Waals surface area contributed by atoms with Gasteiger partial charge in [0.15, 0.2) is 6.54 Å². The molecule has 8 nitrogen and oxygen atoms in total. The van der Waals surface area contributed by atoms with E-state index >= 15 is 0 Å². The van der Waals surface area contributed by atoms with Gasteiger partial charge in [-0.3, -0.25) is 4.79 Å². The Hall–Kier alpha value is -5.04. The second-order valence-corrected chi connectivity index (χ2v) is 8.45. The number of amides is 1. The lowest BCUT2D eigenvalue weighted by molar-refractivity contribution is -0.828. The molecule has 0 saturated heterocycles. The Bertz CT molecular complexity index is 1480. The number of quaternary nitrogens is 1. The molecule has 0 spiro atoms. The number of aryl methyl sites for hydroxylation is 1. The van der Waals surface area contributed by atoms with Crippen LogP contribution in [0.2, 0.25) is 0 Å². The number of hydrogen-bond donors (Lipinski definition) is 2. The third kappa shape index (κ3) is 7.01. The number of carboxylic acid groups (broad SMARTS) is 1. The fourth-order valence-electron chi connectivity index (χ4n) is 3.62. The first-order valence-corrected chi connectivity index (χ1v) is 11.8. The molecule has 1 atom stereocenters. The molecule has 0 radical (unpaired) electrons. The van der Waals surface area contributed by atoms with Crippen molar-refractivity contribution in [1.29, 1.82) is 0 Å². The summed E-state index contributed by atoms with van der Waals surface area (Å²) < 4.78 is 11.1. The van der Waals surface area contributed by atoms with Crippen molar-refractivity contribution in [2.45, 2.75) is 13.5 Å². The van der Waals surface area contributed by atoms with Gasteiger partial charge in [0.2, 0.25) is 5.89 Å². The number of benzene rings is 3. The maximum atomic E-state index is 12.6. The van der Waals surface area contributed by atoms with Gasteiger partial charge in [0.05, 0.1) is 0 Å². The minimum atomic E-state index is -1.13. The van der Waals surface area contributed by atoms with E-state index in [0.717, 1.165) is 16.7 Å². The number of ether oxygens (including phenoxy) is 1. The molecule has 8 heteroatoms. The zero-order valence-electron chi connectivity index (χ0n) is 20.6. The number of nitrogens with one attached hydrogen (secondary N) is 1. The highest BCUT2D eigenvalue weighted by atomic mass is 16.6. The smallest absolute Gasteiger partial charge is 0.477 e. The Balaban J connectivity index is 1.42. The first kappa shape index (κ1) is 26.0. The van der Waals surface area contributed by atoms with E-state index in [1.54, 1.807) is 12.2 Å². The molecule has 38 heavy (non-hydrogen) atoms. The van der Waals surface area contributed by atoms with E-state index in [2.05, 4.69) is 10.7 Å². The second kappa shape index (κ2) is 12.3. The average molecular weight is 510 g/mol. The Morgan fingerprint density at radius 1 is 0.974 bits per heavy atom. The zero-order chi connectivity index (χ0) is 26.9. The first-order chi connectivity index (χ1) is 18.4. The summed E-state index contributed by atoms with van der Waals surface area (Å²) >= 11 is 0. The summed E-state index contributed by atoms with van der Waals surface area (Å²) in [7, 11) is 0. The molecular formula is C30H25N2O6+. The quantitative estimate of drug-likeness (QED) is 0.253. The third-order valence-corrected chi connectivity index (χ3v) is 5.60. The van der Waals surface area contributed by atoms with Crippen molar-refractivity contribution < 1.29 is 33.5 Å². The number of rotatable bonds is 9. The van der Waals surface area contributed by atoms with Crippen LogP contribution in [0.4, 0.5) is 4.79 Å². The van der Waals surface area contributed by atoms with Gasteiger partial charge >= 0.3 is 12.1 Å². The minimum Gasteiger partial charge on any atom is -0.477 e. The molecule has 2 N–H and O–H groups in total. The van der Waals surface area contributed by atoms with Gasteiger partial charge in [-0.2, -0.15) is 4.79 Å². The number of aldehydes is 1. The average Bonchev–Trinajstić information content (AvgIpc) is 3.30. The van der Waals surface area contributed by atoms with Crippen LogP contribution in [0.25, 0.3) is 23.6 Å². The van der Waals surface area contributed by atoms with E-state index in [1.165, 1.54) is 24.3 Å². The molecule has 1 heterocycles. The van der Waals surface area contributed by atoms with Gasteiger partial charge in [-0.1, -0.05) is 42.5 Å². The van der Waals surface area contributed by atoms with E-state index in [4.69, 9.17) is 9.15 Å². The number of carbonyl (C=O) groups is 3. The Labute approximate surface area is 219 Å². The van der Waals surface area contributed by atoms with E-state index in [-0.39, 0.29) is 17.2 Å². The van der Waals surface area contributed by atoms with Crippen LogP contribution in [-0.4, -0.2) is 35.0 Å². The first-order valence-electron chi connectivity index (χ1n) is 11.8. The number of nitrogens with zero attached hydrogens (tertiary/aromatic N) is 1. The maximum absolute atomic E-state index is 12.6. The lowest BCUT2D eigenvalue weighted by Gasteiger charge is -2.14. The van der Waals surface area contributed by atoms with E-state index < -0.39 is 18.6 Å². The molecule has 0 aliphatic carbocycles. The van der Waals surface area contributed by atoms with Gasteiger partial charge in [0, 0.05) is 22.8 Å². The highest BCUT2D eigenvalue weighted by Gasteiger charge is 2.25. The van der Waals surface area contributed by atoms with Gasteiger partial charge in [-0.05, 0) is 55.0 Å². The molecule has 190 valence electrons. The molecule has 4 aromatic rings. The normalized spacial score (nSPS) is 11.2. The topological polar surface area (TPSA) is 111 Å². The van der Waals surface area contributed by atoms with Gasteiger partial charge < -0.3 is 14.3 Å². The van der Waals surface area contributed by atoms with Crippen LogP contribution in [0.1, 0.15) is 32.9 Å². The molecule has 0 bridgehead atoms. The van der Waals surface area contributed by atoms with Crippen LogP contribution < -0.4 is 9.64 Å². The maximum Gasteiger partial charge on any atom is 0.520 e. The second-order valence-electron chi connectivity index (χ2n) is 8.45. The van der Waals surface area contributed by atoms with E-state index in [0.29, 0.717) is 29.2 Å². The number of carboxylic acids is 1. The summed E-state index contributed by atoms with van der Waals surface area (Å²) in [6.07, 6.45) is 3.49. The number of aliphatic carboxylic acids is 1. The predicted molar refractivity (Wildman–Crippen MR) is 141 cm³/mol. The van der Waals surface area contributed by atoms with E-state index in [1.807, 2.05) is 61.5 Å². The third-order valence-electron chi connectivity index (χ3n) is 5.60. The Kier molecular flexibility index (Phi) is 8.41. The fraction of sp³-hybridized carbons (Fsp3) is 0.100.